The van der Waals surface area contributed by atoms with E-state index in [-0.39, 0.29) is 0 Å². The van der Waals surface area contributed by atoms with E-state index in [1.165, 1.54) is 55.4 Å². The molecule has 0 aromatic rings. The first-order chi connectivity index (χ1) is 37.1. The lowest BCUT2D eigenvalue weighted by Crippen LogP contribution is -2.54. The van der Waals surface area contributed by atoms with Crippen molar-refractivity contribution in [2.24, 2.45) is 5.73 Å². The number of carboxylic acid groups (broad SMARTS) is 1. The highest BCUT2D eigenvalue weighted by molar-refractivity contribution is 5.98. The molecule has 0 saturated carbocycles. The van der Waals surface area contributed by atoms with Gasteiger partial charge < -0.3 is 101 Å². The van der Waals surface area contributed by atoms with Crippen LogP contribution in [0.2, 0.25) is 0 Å². The Morgan fingerprint density at radius 2 is 0.438 bits per heavy atom. The van der Waals surface area contributed by atoms with E-state index in [0.29, 0.717) is 0 Å². The molecule has 80 heavy (non-hydrogen) atoms. The molecule has 0 saturated heterocycles. The standard InChI is InChI=1S/C44H73N17O19/c1-18(45)36(71)46-10-27(63)54-19(2)37(72)47-11-28(64)55-20(3)38(73)48-12-29(65)56-21(4)39(74)49-13-30(66)57-22(5)40(75)50-14-31(67)58-23(6)41(76)51-15-32(68)59-24(7)42(77)52-16-33(69)60-25(8)43(78)53-17-34(70)61-35(26(9)62)44(79)80/h18-26,35,62H,10-17,45H2,1-9H3,(H,46,71)(H,47,72)(H,48,73)(H,49,74)(H,50,75)(H,51,76)(H,52,77)(H,53,78)(H,54,63)(H,55,64)(H,56,65)(H,57,66)(H,58,67)(H,59,68)(H,60,69)(H,61,70)(H,79,80)/t18-,19-,20-,21-,22-,23-,24-,25-,26+,35-/m0/s1. The molecule has 0 radical (unpaired) electrons. The van der Waals surface area contributed by atoms with Crippen molar-refractivity contribution in [3.05, 3.63) is 0 Å². The number of carbonyl (C=O) groups is 17. The fourth-order valence-electron chi connectivity index (χ4n) is 5.69. The smallest absolute Gasteiger partial charge is 0.328 e. The highest BCUT2D eigenvalue weighted by Gasteiger charge is 2.27. The highest BCUT2D eigenvalue weighted by atomic mass is 16.4. The van der Waals surface area contributed by atoms with Crippen molar-refractivity contribution in [2.75, 3.05) is 52.4 Å². The monoisotopic (exact) mass is 1140 g/mol. The maximum absolute atomic E-state index is 12.5. The van der Waals surface area contributed by atoms with Crippen molar-refractivity contribution in [1.29, 1.82) is 0 Å². The molecule has 0 aliphatic carbocycles. The van der Waals surface area contributed by atoms with Crippen LogP contribution in [0.1, 0.15) is 62.3 Å². The number of rotatable bonds is 34. The van der Waals surface area contributed by atoms with Crippen LogP contribution in [0.25, 0.3) is 0 Å². The van der Waals surface area contributed by atoms with Gasteiger partial charge in [0.2, 0.25) is 94.5 Å². The van der Waals surface area contributed by atoms with Gasteiger partial charge in [-0.25, -0.2) is 4.79 Å². The van der Waals surface area contributed by atoms with E-state index in [1.54, 1.807) is 0 Å². The summed E-state index contributed by atoms with van der Waals surface area (Å²) in [7, 11) is 0. The third kappa shape index (κ3) is 30.0. The maximum atomic E-state index is 12.5. The lowest BCUT2D eigenvalue weighted by Gasteiger charge is -2.18. The molecule has 448 valence electrons. The predicted octanol–water partition coefficient (Wildman–Crippen LogP) is -12.3. The zero-order chi connectivity index (χ0) is 61.6. The third-order valence-electron chi connectivity index (χ3n) is 10.3. The van der Waals surface area contributed by atoms with Crippen LogP contribution in [0, 0.1) is 0 Å². The minimum Gasteiger partial charge on any atom is -0.480 e. The number of aliphatic hydroxyl groups is 1. The summed E-state index contributed by atoms with van der Waals surface area (Å²) in [4.78, 5) is 207. The topological polar surface area (TPSA) is 549 Å². The van der Waals surface area contributed by atoms with E-state index < -0.39 is 213 Å². The Morgan fingerprint density at radius 3 is 0.575 bits per heavy atom. The molecule has 0 aromatic heterocycles. The fourth-order valence-corrected chi connectivity index (χ4v) is 5.69. The molecule has 16 amide bonds. The molecule has 10 atom stereocenters. The quantitative estimate of drug-likeness (QED) is 0.0284. The number of nitrogens with two attached hydrogens (primary N) is 1. The lowest BCUT2D eigenvalue weighted by atomic mass is 10.2. The molecular weight excluding hydrogens is 1070 g/mol. The summed E-state index contributed by atoms with van der Waals surface area (Å²) in [6.07, 6.45) is -1.43. The van der Waals surface area contributed by atoms with Crippen molar-refractivity contribution in [3.8, 4) is 0 Å². The summed E-state index contributed by atoms with van der Waals surface area (Å²) in [6, 6.07) is -10.9. The number of carbonyl (C=O) groups excluding carboxylic acids is 16. The molecule has 0 fully saturated rings. The Hall–Kier alpha value is -9.09. The Balaban J connectivity index is 4.54. The zero-order valence-electron chi connectivity index (χ0n) is 45.3. The van der Waals surface area contributed by atoms with Crippen LogP contribution in [-0.2, 0) is 81.5 Å². The normalized spacial score (nSPS) is 14.2. The average molecular weight is 1140 g/mol. The largest absolute Gasteiger partial charge is 0.480 e. The van der Waals surface area contributed by atoms with Gasteiger partial charge in [0.15, 0.2) is 6.04 Å². The third-order valence-corrected chi connectivity index (χ3v) is 10.3. The van der Waals surface area contributed by atoms with Gasteiger partial charge in [0.25, 0.3) is 0 Å². The van der Waals surface area contributed by atoms with Crippen molar-refractivity contribution in [2.45, 2.75) is 123 Å². The minimum atomic E-state index is -1.62. The van der Waals surface area contributed by atoms with Crippen LogP contribution in [0.3, 0.4) is 0 Å². The molecule has 0 aliphatic rings. The van der Waals surface area contributed by atoms with Gasteiger partial charge in [-0.05, 0) is 62.3 Å². The molecule has 0 aliphatic heterocycles. The molecule has 36 heteroatoms. The molecular formula is C44H73N17O19. The summed E-state index contributed by atoms with van der Waals surface area (Å²) in [5.74, 6) is -14.6. The molecule has 0 bridgehead atoms. The molecule has 0 unspecified atom stereocenters. The predicted molar refractivity (Wildman–Crippen MR) is 272 cm³/mol. The van der Waals surface area contributed by atoms with E-state index >= 15 is 0 Å². The molecule has 36 nitrogen and oxygen atoms in total. The SMILES string of the molecule is C[C@H](N)C(=O)NCC(=O)N[C@@H](C)C(=O)NCC(=O)N[C@@H](C)C(=O)NCC(=O)N[C@@H](C)C(=O)NCC(=O)N[C@@H](C)C(=O)NCC(=O)N[C@@H](C)C(=O)NCC(=O)N[C@@H](C)C(=O)NCC(=O)N[C@@H](C)C(=O)NCC(=O)N[C@H](C(=O)O)[C@@H](C)O. The first kappa shape index (κ1) is 70.9. The van der Waals surface area contributed by atoms with E-state index in [2.05, 4.69) is 79.8 Å². The van der Waals surface area contributed by atoms with Gasteiger partial charge in [0.05, 0.1) is 64.5 Å². The van der Waals surface area contributed by atoms with E-state index in [4.69, 9.17) is 10.8 Å². The summed E-state index contributed by atoms with van der Waals surface area (Å²) in [5, 5.41) is 54.3. The second kappa shape index (κ2) is 36.1. The van der Waals surface area contributed by atoms with Gasteiger partial charge >= 0.3 is 5.97 Å². The van der Waals surface area contributed by atoms with Crippen LogP contribution in [-0.4, -0.2) is 224 Å². The van der Waals surface area contributed by atoms with Crippen LogP contribution >= 0.6 is 0 Å². The maximum Gasteiger partial charge on any atom is 0.328 e. The van der Waals surface area contributed by atoms with Gasteiger partial charge in [-0.3, -0.25) is 76.7 Å². The van der Waals surface area contributed by atoms with Crippen LogP contribution in [0.15, 0.2) is 0 Å². The van der Waals surface area contributed by atoms with Crippen molar-refractivity contribution in [1.82, 2.24) is 85.1 Å². The fraction of sp³-hybridized carbons (Fsp3) is 0.614. The summed E-state index contributed by atoms with van der Waals surface area (Å²) in [6.45, 7) is 6.43. The molecule has 0 aromatic carbocycles. The van der Waals surface area contributed by atoms with Crippen LogP contribution in [0.5, 0.6) is 0 Å². The molecule has 0 spiro atoms. The van der Waals surface area contributed by atoms with Crippen molar-refractivity contribution >= 4 is 100 Å². The molecule has 0 rings (SSSR count). The number of aliphatic carboxylic acids is 1. The summed E-state index contributed by atoms with van der Waals surface area (Å²) < 4.78 is 0. The number of hydrogen-bond donors (Lipinski definition) is 19. The Morgan fingerprint density at radius 1 is 0.287 bits per heavy atom. The second-order valence-electron chi connectivity index (χ2n) is 17.7. The van der Waals surface area contributed by atoms with Crippen molar-refractivity contribution in [3.63, 3.8) is 0 Å². The number of nitrogens with one attached hydrogen (secondary N) is 16. The average Bonchev–Trinajstić information content (AvgIpc) is 3.38. The Bertz CT molecular complexity index is 2320. The number of carboxylic acids is 1. The second-order valence-corrected chi connectivity index (χ2v) is 17.7. The zero-order valence-corrected chi connectivity index (χ0v) is 45.3. The van der Waals surface area contributed by atoms with E-state index in [0.717, 1.165) is 6.92 Å². The highest BCUT2D eigenvalue weighted by Crippen LogP contribution is 1.94. The first-order valence-corrected chi connectivity index (χ1v) is 24.4. The van der Waals surface area contributed by atoms with Gasteiger partial charge in [-0.2, -0.15) is 0 Å². The van der Waals surface area contributed by atoms with Gasteiger partial charge in [-0.15, -0.1) is 0 Å². The Labute approximate surface area is 457 Å². The molecule has 20 N–H and O–H groups in total. The Kier molecular flexibility index (Phi) is 32.0. The van der Waals surface area contributed by atoms with Gasteiger partial charge in [-0.1, -0.05) is 0 Å². The number of hydrogen-bond acceptors (Lipinski definition) is 19. The van der Waals surface area contributed by atoms with E-state index in [9.17, 15) is 86.6 Å². The van der Waals surface area contributed by atoms with Crippen LogP contribution < -0.4 is 90.8 Å². The lowest BCUT2D eigenvalue weighted by molar-refractivity contribution is -0.144. The summed E-state index contributed by atoms with van der Waals surface area (Å²) in [5.41, 5.74) is 5.39. The first-order valence-electron chi connectivity index (χ1n) is 24.4. The minimum absolute atomic E-state index is 0.440. The van der Waals surface area contributed by atoms with Gasteiger partial charge in [0.1, 0.15) is 42.3 Å². The van der Waals surface area contributed by atoms with Crippen molar-refractivity contribution < 1.29 is 91.7 Å². The van der Waals surface area contributed by atoms with Gasteiger partial charge in [0, 0.05) is 0 Å². The molecule has 0 heterocycles. The number of aliphatic hydroxyl groups excluding tert-OH is 1. The summed E-state index contributed by atoms with van der Waals surface area (Å²) >= 11 is 0. The number of amides is 16. The van der Waals surface area contributed by atoms with E-state index in [1.807, 2.05) is 5.32 Å². The van der Waals surface area contributed by atoms with Crippen LogP contribution in [0.4, 0.5) is 0 Å².